The fourth-order valence-electron chi connectivity index (χ4n) is 1.86. The molecule has 0 atom stereocenters. The van der Waals surface area contributed by atoms with E-state index in [0.29, 0.717) is 6.54 Å². The average molecular weight is 465 g/mol. The van der Waals surface area contributed by atoms with Gasteiger partial charge in [0.1, 0.15) is 0 Å². The first-order valence-electron chi connectivity index (χ1n) is 7.26. The molecule has 2 aromatic rings. The Labute approximate surface area is 163 Å². The first-order chi connectivity index (χ1) is 10.6. The minimum absolute atomic E-state index is 0. The molecule has 0 aliphatic heterocycles. The van der Waals surface area contributed by atoms with Crippen LogP contribution in [0.4, 0.5) is 5.13 Å². The van der Waals surface area contributed by atoms with E-state index in [1.807, 2.05) is 30.3 Å². The maximum atomic E-state index is 4.55. The molecule has 23 heavy (non-hydrogen) atoms. The molecule has 0 fully saturated rings. The highest BCUT2D eigenvalue weighted by Crippen LogP contribution is 2.18. The van der Waals surface area contributed by atoms with E-state index in [2.05, 4.69) is 45.0 Å². The molecule has 0 aromatic carbocycles. The zero-order valence-electron chi connectivity index (χ0n) is 13.9. The number of aryl methyl sites for hydroxylation is 1. The molecule has 2 heterocycles. The fraction of sp³-hybridized carbons (Fsp3) is 0.467. The van der Waals surface area contributed by atoms with Crippen LogP contribution < -0.4 is 15.5 Å². The monoisotopic (exact) mass is 465 g/mol. The Hall–Kier alpha value is -0.870. The molecule has 0 unspecified atom stereocenters. The van der Waals surface area contributed by atoms with Crippen molar-refractivity contribution in [2.75, 3.05) is 26.0 Å². The second-order valence-electron chi connectivity index (χ2n) is 5.02. The van der Waals surface area contributed by atoms with Gasteiger partial charge in [0.15, 0.2) is 11.1 Å². The second kappa shape index (κ2) is 10.1. The van der Waals surface area contributed by atoms with Gasteiger partial charge in [-0.15, -0.1) is 46.7 Å². The fourth-order valence-corrected chi connectivity index (χ4v) is 3.51. The first-order valence-corrected chi connectivity index (χ1v) is 8.95. The molecule has 2 N–H and O–H groups in total. The van der Waals surface area contributed by atoms with Crippen LogP contribution in [0, 0.1) is 0 Å². The van der Waals surface area contributed by atoms with Crippen molar-refractivity contribution < 1.29 is 0 Å². The van der Waals surface area contributed by atoms with Crippen LogP contribution in [0.2, 0.25) is 0 Å². The third kappa shape index (κ3) is 6.27. The summed E-state index contributed by atoms with van der Waals surface area (Å²) >= 11 is 3.49. The van der Waals surface area contributed by atoms with E-state index in [9.17, 15) is 0 Å². The third-order valence-electron chi connectivity index (χ3n) is 3.08. The Morgan fingerprint density at radius 3 is 2.48 bits per heavy atom. The normalized spacial score (nSPS) is 11.0. The third-order valence-corrected chi connectivity index (χ3v) is 5.37. The molecular weight excluding hydrogens is 441 g/mol. The van der Waals surface area contributed by atoms with Crippen molar-refractivity contribution in [2.24, 2.45) is 4.99 Å². The van der Waals surface area contributed by atoms with Crippen LogP contribution >= 0.6 is 46.7 Å². The van der Waals surface area contributed by atoms with Gasteiger partial charge in [0.2, 0.25) is 0 Å². The zero-order valence-corrected chi connectivity index (χ0v) is 17.9. The summed E-state index contributed by atoms with van der Waals surface area (Å²) in [7, 11) is 5.79. The van der Waals surface area contributed by atoms with Crippen molar-refractivity contribution in [1.29, 1.82) is 0 Å². The summed E-state index contributed by atoms with van der Waals surface area (Å²) in [5.41, 5.74) is 1.03. The zero-order chi connectivity index (χ0) is 15.9. The van der Waals surface area contributed by atoms with Gasteiger partial charge in [-0.3, -0.25) is 4.99 Å². The summed E-state index contributed by atoms with van der Waals surface area (Å²) in [5.74, 6) is 0.797. The lowest BCUT2D eigenvalue weighted by molar-refractivity contribution is 0.802. The van der Waals surface area contributed by atoms with E-state index in [1.165, 1.54) is 9.75 Å². The number of nitrogens with one attached hydrogen (secondary N) is 2. The Morgan fingerprint density at radius 2 is 1.91 bits per heavy atom. The number of aromatic nitrogens is 1. The molecule has 128 valence electrons. The van der Waals surface area contributed by atoms with Gasteiger partial charge in [-0.25, -0.2) is 4.98 Å². The van der Waals surface area contributed by atoms with Crippen LogP contribution in [0.3, 0.4) is 0 Å². The number of hydrogen-bond donors (Lipinski definition) is 2. The summed E-state index contributed by atoms with van der Waals surface area (Å²) in [6.45, 7) is 3.65. The number of rotatable bonds is 6. The smallest absolute Gasteiger partial charge is 0.191 e. The highest BCUT2D eigenvalue weighted by Gasteiger charge is 2.05. The minimum atomic E-state index is 0. The number of anilines is 1. The van der Waals surface area contributed by atoms with Gasteiger partial charge in [0.25, 0.3) is 0 Å². The van der Waals surface area contributed by atoms with Crippen molar-refractivity contribution in [1.82, 2.24) is 15.6 Å². The largest absolute Gasteiger partial charge is 0.354 e. The lowest BCUT2D eigenvalue weighted by Gasteiger charge is -2.10. The number of hydrogen-bond acceptors (Lipinski definition) is 5. The van der Waals surface area contributed by atoms with E-state index in [4.69, 9.17) is 0 Å². The van der Waals surface area contributed by atoms with Gasteiger partial charge in [-0.2, -0.15) is 0 Å². The Kier molecular flexibility index (Phi) is 8.85. The van der Waals surface area contributed by atoms with E-state index in [-0.39, 0.29) is 24.0 Å². The lowest BCUT2D eigenvalue weighted by atomic mass is 10.3. The summed E-state index contributed by atoms with van der Waals surface area (Å²) in [5, 5.41) is 9.73. The maximum absolute atomic E-state index is 4.55. The van der Waals surface area contributed by atoms with Crippen LogP contribution in [0.25, 0.3) is 0 Å². The molecule has 5 nitrogen and oxygen atoms in total. The number of guanidine groups is 1. The van der Waals surface area contributed by atoms with Gasteiger partial charge >= 0.3 is 0 Å². The molecule has 8 heteroatoms. The molecule has 0 radical (unpaired) electrons. The SMILES string of the molecule is CCc1ccc(CNC(=NC)NCc2csc(N(C)C)n2)s1.I. The van der Waals surface area contributed by atoms with Crippen molar-refractivity contribution in [3.8, 4) is 0 Å². The van der Waals surface area contributed by atoms with Crippen LogP contribution in [0.5, 0.6) is 0 Å². The highest BCUT2D eigenvalue weighted by molar-refractivity contribution is 14.0. The predicted octanol–water partition coefficient (Wildman–Crippen LogP) is 3.32. The number of thiophene rings is 1. The maximum Gasteiger partial charge on any atom is 0.191 e. The quantitative estimate of drug-likeness (QED) is 0.391. The van der Waals surface area contributed by atoms with E-state index in [1.54, 1.807) is 18.4 Å². The molecular formula is C15H24IN5S2. The average Bonchev–Trinajstić information content (AvgIpc) is 3.16. The van der Waals surface area contributed by atoms with Gasteiger partial charge in [0, 0.05) is 36.3 Å². The lowest BCUT2D eigenvalue weighted by Crippen LogP contribution is -2.36. The summed E-state index contributed by atoms with van der Waals surface area (Å²) in [4.78, 5) is 13.6. The number of nitrogens with zero attached hydrogens (tertiary/aromatic N) is 3. The van der Waals surface area contributed by atoms with Crippen LogP contribution in [0.15, 0.2) is 22.5 Å². The molecule has 2 rings (SSSR count). The minimum Gasteiger partial charge on any atom is -0.354 e. The standard InChI is InChI=1S/C15H23N5S2.HI/c1-5-12-6-7-13(22-12)9-18-14(16-2)17-8-11-10-21-15(19-11)20(3)4;/h6-7,10H,5,8-9H2,1-4H3,(H2,16,17,18);1H. The first kappa shape index (κ1) is 20.2. The number of halogens is 1. The molecule has 0 aliphatic rings. The van der Waals surface area contributed by atoms with Crippen LogP contribution in [-0.2, 0) is 19.5 Å². The summed E-state index contributed by atoms with van der Waals surface area (Å²) in [6.07, 6.45) is 1.09. The summed E-state index contributed by atoms with van der Waals surface area (Å²) in [6, 6.07) is 4.36. The predicted molar refractivity (Wildman–Crippen MR) is 113 cm³/mol. The molecule has 0 amide bonds. The highest BCUT2D eigenvalue weighted by atomic mass is 127. The number of thiazole rings is 1. The Morgan fingerprint density at radius 1 is 1.22 bits per heavy atom. The Bertz CT molecular complexity index is 621. The van der Waals surface area contributed by atoms with Gasteiger partial charge < -0.3 is 15.5 Å². The molecule has 0 saturated heterocycles. The van der Waals surface area contributed by atoms with Crippen molar-refractivity contribution in [3.63, 3.8) is 0 Å². The van der Waals surface area contributed by atoms with Gasteiger partial charge in [-0.05, 0) is 18.6 Å². The topological polar surface area (TPSA) is 52.6 Å². The Balaban J connectivity index is 0.00000264. The van der Waals surface area contributed by atoms with Crippen LogP contribution in [0.1, 0.15) is 22.4 Å². The molecule has 0 saturated carbocycles. The number of aliphatic imine (C=N–C) groups is 1. The van der Waals surface area contributed by atoms with E-state index in [0.717, 1.165) is 29.8 Å². The van der Waals surface area contributed by atoms with E-state index >= 15 is 0 Å². The van der Waals surface area contributed by atoms with Crippen molar-refractivity contribution >= 4 is 57.7 Å². The van der Waals surface area contributed by atoms with E-state index < -0.39 is 0 Å². The molecule has 0 spiro atoms. The molecule has 0 aliphatic carbocycles. The van der Waals surface area contributed by atoms with Gasteiger partial charge in [0.05, 0.1) is 18.8 Å². The van der Waals surface area contributed by atoms with Crippen LogP contribution in [-0.4, -0.2) is 32.1 Å². The second-order valence-corrected chi connectivity index (χ2v) is 7.11. The van der Waals surface area contributed by atoms with Crippen molar-refractivity contribution in [2.45, 2.75) is 26.4 Å². The van der Waals surface area contributed by atoms with Crippen molar-refractivity contribution in [3.05, 3.63) is 33.0 Å². The molecule has 0 bridgehead atoms. The molecule has 2 aromatic heterocycles. The van der Waals surface area contributed by atoms with Gasteiger partial charge in [-0.1, -0.05) is 6.92 Å². The summed E-state index contributed by atoms with van der Waals surface area (Å²) < 4.78 is 0.